The standard InChI is InChI=1S/C19H20O6/c1-4-16(23)25-15(8-5-10(2)3)11-9-14(22)17-12(20)6-7-13(21)18(17)19(11)24/h5-7,9,15,20-21H,4,8H2,1-3H3/t15-/m1/s1. The van der Waals surface area contributed by atoms with Crippen molar-refractivity contribution in [1.82, 2.24) is 0 Å². The Balaban J connectivity index is 2.50. The summed E-state index contributed by atoms with van der Waals surface area (Å²) in [6.45, 7) is 5.35. The third-order valence-electron chi connectivity index (χ3n) is 3.83. The van der Waals surface area contributed by atoms with Crippen LogP contribution in [0.5, 0.6) is 11.5 Å². The van der Waals surface area contributed by atoms with Crippen molar-refractivity contribution < 1.29 is 29.3 Å². The van der Waals surface area contributed by atoms with Gasteiger partial charge in [-0.15, -0.1) is 0 Å². The minimum atomic E-state index is -0.936. The van der Waals surface area contributed by atoms with E-state index in [1.807, 2.05) is 13.8 Å². The third-order valence-corrected chi connectivity index (χ3v) is 3.83. The van der Waals surface area contributed by atoms with Crippen LogP contribution in [-0.4, -0.2) is 33.9 Å². The molecule has 0 fully saturated rings. The molecule has 0 spiro atoms. The van der Waals surface area contributed by atoms with Crippen LogP contribution in [0, 0.1) is 0 Å². The lowest BCUT2D eigenvalue weighted by atomic mass is 9.85. The third kappa shape index (κ3) is 3.79. The molecule has 1 atom stereocenters. The van der Waals surface area contributed by atoms with Crippen molar-refractivity contribution in [3.8, 4) is 11.5 Å². The highest BCUT2D eigenvalue weighted by molar-refractivity contribution is 6.27. The molecule has 1 aliphatic carbocycles. The van der Waals surface area contributed by atoms with Crippen LogP contribution in [0.4, 0.5) is 0 Å². The summed E-state index contributed by atoms with van der Waals surface area (Å²) in [5.74, 6) is -2.54. The van der Waals surface area contributed by atoms with Gasteiger partial charge in [-0.3, -0.25) is 14.4 Å². The number of allylic oxidation sites excluding steroid dienone is 2. The molecule has 0 unspecified atom stereocenters. The zero-order chi connectivity index (χ0) is 18.7. The van der Waals surface area contributed by atoms with E-state index in [0.717, 1.165) is 23.8 Å². The number of aromatic hydroxyl groups is 2. The number of rotatable bonds is 5. The number of Topliss-reactive ketones (excluding diaryl/α,β-unsaturated/α-hetero) is 1. The van der Waals surface area contributed by atoms with Crippen molar-refractivity contribution in [2.24, 2.45) is 0 Å². The predicted octanol–water partition coefficient (Wildman–Crippen LogP) is 3.08. The molecule has 6 heteroatoms. The van der Waals surface area contributed by atoms with Crippen LogP contribution >= 0.6 is 0 Å². The van der Waals surface area contributed by atoms with Gasteiger partial charge in [-0.2, -0.15) is 0 Å². The number of phenols is 2. The van der Waals surface area contributed by atoms with Crippen LogP contribution in [0.3, 0.4) is 0 Å². The van der Waals surface area contributed by atoms with Gasteiger partial charge in [0.05, 0.1) is 11.1 Å². The van der Waals surface area contributed by atoms with Gasteiger partial charge in [0, 0.05) is 18.4 Å². The number of esters is 1. The minimum absolute atomic E-state index is 0.0160. The Morgan fingerprint density at radius 2 is 1.76 bits per heavy atom. The molecular formula is C19H20O6. The van der Waals surface area contributed by atoms with Crippen molar-refractivity contribution in [2.75, 3.05) is 0 Å². The lowest BCUT2D eigenvalue weighted by Gasteiger charge is -2.23. The molecule has 1 aromatic carbocycles. The van der Waals surface area contributed by atoms with E-state index >= 15 is 0 Å². The average molecular weight is 344 g/mol. The van der Waals surface area contributed by atoms with Crippen LogP contribution < -0.4 is 0 Å². The lowest BCUT2D eigenvalue weighted by Crippen LogP contribution is -2.29. The Hall–Kier alpha value is -2.89. The van der Waals surface area contributed by atoms with Gasteiger partial charge in [0.15, 0.2) is 11.6 Å². The quantitative estimate of drug-likeness (QED) is 0.484. The normalized spacial score (nSPS) is 14.4. The fourth-order valence-corrected chi connectivity index (χ4v) is 2.55. The van der Waals surface area contributed by atoms with E-state index in [2.05, 4.69) is 0 Å². The first-order valence-corrected chi connectivity index (χ1v) is 7.94. The number of hydrogen-bond acceptors (Lipinski definition) is 6. The van der Waals surface area contributed by atoms with Crippen molar-refractivity contribution >= 4 is 17.5 Å². The molecule has 2 rings (SSSR count). The van der Waals surface area contributed by atoms with Crippen molar-refractivity contribution in [1.29, 1.82) is 0 Å². The summed E-state index contributed by atoms with van der Waals surface area (Å²) < 4.78 is 5.32. The first-order valence-electron chi connectivity index (χ1n) is 7.94. The van der Waals surface area contributed by atoms with Gasteiger partial charge < -0.3 is 14.9 Å². The molecule has 132 valence electrons. The van der Waals surface area contributed by atoms with Gasteiger partial charge in [-0.25, -0.2) is 0 Å². The first-order chi connectivity index (χ1) is 11.8. The van der Waals surface area contributed by atoms with E-state index in [-0.39, 0.29) is 35.3 Å². The Kier molecular flexibility index (Phi) is 5.41. The maximum absolute atomic E-state index is 12.8. The number of phenolic OH excluding ortho intramolecular Hbond substituents is 2. The number of benzene rings is 1. The van der Waals surface area contributed by atoms with E-state index < -0.39 is 29.4 Å². The topological polar surface area (TPSA) is 101 Å². The summed E-state index contributed by atoms with van der Waals surface area (Å²) >= 11 is 0. The van der Waals surface area contributed by atoms with Gasteiger partial charge >= 0.3 is 5.97 Å². The largest absolute Gasteiger partial charge is 0.507 e. The number of hydrogen-bond donors (Lipinski definition) is 2. The number of carbonyl (C=O) groups is 3. The Morgan fingerprint density at radius 3 is 2.32 bits per heavy atom. The summed E-state index contributed by atoms with van der Waals surface area (Å²) in [4.78, 5) is 36.9. The van der Waals surface area contributed by atoms with Crippen LogP contribution in [-0.2, 0) is 9.53 Å². The molecule has 25 heavy (non-hydrogen) atoms. The number of carbonyl (C=O) groups excluding carboxylic acids is 3. The van der Waals surface area contributed by atoms with E-state index in [1.54, 1.807) is 13.0 Å². The zero-order valence-corrected chi connectivity index (χ0v) is 14.3. The molecule has 0 aromatic heterocycles. The smallest absolute Gasteiger partial charge is 0.306 e. The zero-order valence-electron chi connectivity index (χ0n) is 14.3. The molecule has 0 heterocycles. The molecule has 2 N–H and O–H groups in total. The highest BCUT2D eigenvalue weighted by Gasteiger charge is 2.35. The second-order valence-electron chi connectivity index (χ2n) is 6.00. The van der Waals surface area contributed by atoms with Crippen LogP contribution in [0.1, 0.15) is 54.3 Å². The van der Waals surface area contributed by atoms with Crippen LogP contribution in [0.25, 0.3) is 0 Å². The van der Waals surface area contributed by atoms with Crippen LogP contribution in [0.2, 0.25) is 0 Å². The van der Waals surface area contributed by atoms with E-state index in [1.165, 1.54) is 0 Å². The number of ketones is 2. The second-order valence-corrected chi connectivity index (χ2v) is 6.00. The van der Waals surface area contributed by atoms with Crippen molar-refractivity contribution in [2.45, 2.75) is 39.7 Å². The van der Waals surface area contributed by atoms with E-state index in [0.29, 0.717) is 0 Å². The summed E-state index contributed by atoms with van der Waals surface area (Å²) in [6, 6.07) is 2.29. The van der Waals surface area contributed by atoms with Crippen LogP contribution in [0.15, 0.2) is 35.4 Å². The summed E-state index contributed by atoms with van der Waals surface area (Å²) in [5, 5.41) is 19.8. The molecule has 0 aliphatic heterocycles. The predicted molar refractivity (Wildman–Crippen MR) is 90.7 cm³/mol. The lowest BCUT2D eigenvalue weighted by molar-refractivity contribution is -0.146. The Labute approximate surface area is 145 Å². The van der Waals surface area contributed by atoms with Crippen molar-refractivity contribution in [3.05, 3.63) is 46.6 Å². The fourth-order valence-electron chi connectivity index (χ4n) is 2.55. The monoisotopic (exact) mass is 344 g/mol. The Bertz CT molecular complexity index is 796. The van der Waals surface area contributed by atoms with Gasteiger partial charge in [0.1, 0.15) is 17.6 Å². The maximum Gasteiger partial charge on any atom is 0.306 e. The highest BCUT2D eigenvalue weighted by atomic mass is 16.5. The highest BCUT2D eigenvalue weighted by Crippen LogP contribution is 2.36. The average Bonchev–Trinajstić information content (AvgIpc) is 2.56. The molecule has 1 aliphatic rings. The number of ether oxygens (including phenoxy) is 1. The molecular weight excluding hydrogens is 324 g/mol. The van der Waals surface area contributed by atoms with E-state index in [9.17, 15) is 24.6 Å². The molecule has 6 nitrogen and oxygen atoms in total. The molecule has 1 aromatic rings. The number of fused-ring (bicyclic) bond motifs is 1. The molecule has 0 bridgehead atoms. The molecule has 0 saturated heterocycles. The SMILES string of the molecule is CCC(=O)O[C@H](CC=C(C)C)C1=CC(=O)c2c(O)ccc(O)c2C1=O. The van der Waals surface area contributed by atoms with Gasteiger partial charge in [0.25, 0.3) is 0 Å². The summed E-state index contributed by atoms with van der Waals surface area (Å²) in [5.41, 5.74) is 0.445. The van der Waals surface area contributed by atoms with Gasteiger partial charge in [0.2, 0.25) is 0 Å². The molecule has 0 amide bonds. The first kappa shape index (κ1) is 18.4. The van der Waals surface area contributed by atoms with E-state index in [4.69, 9.17) is 4.74 Å². The Morgan fingerprint density at radius 1 is 1.16 bits per heavy atom. The summed E-state index contributed by atoms with van der Waals surface area (Å²) in [6.07, 6.45) is 2.28. The van der Waals surface area contributed by atoms with Gasteiger partial charge in [-0.05, 0) is 32.1 Å². The molecule has 0 saturated carbocycles. The van der Waals surface area contributed by atoms with Crippen molar-refractivity contribution in [3.63, 3.8) is 0 Å². The molecule has 0 radical (unpaired) electrons. The minimum Gasteiger partial charge on any atom is -0.507 e. The summed E-state index contributed by atoms with van der Waals surface area (Å²) in [7, 11) is 0. The maximum atomic E-state index is 12.8. The second kappa shape index (κ2) is 7.34. The van der Waals surface area contributed by atoms with Gasteiger partial charge in [-0.1, -0.05) is 18.6 Å². The fraction of sp³-hybridized carbons (Fsp3) is 0.316.